The van der Waals surface area contributed by atoms with E-state index in [0.29, 0.717) is 6.61 Å². The van der Waals surface area contributed by atoms with Crippen LogP contribution in [0, 0.1) is 10.1 Å². The van der Waals surface area contributed by atoms with E-state index in [2.05, 4.69) is 5.32 Å². The number of nitrogen functional groups attached to an aromatic ring is 1. The monoisotopic (exact) mass is 313 g/mol. The predicted octanol–water partition coefficient (Wildman–Crippen LogP) is 2.13. The van der Waals surface area contributed by atoms with E-state index in [0.717, 1.165) is 18.9 Å². The third-order valence-corrected chi connectivity index (χ3v) is 3.76. The molecule has 2 atom stereocenters. The quantitative estimate of drug-likeness (QED) is 0.503. The zero-order valence-electron chi connectivity index (χ0n) is 11.5. The summed E-state index contributed by atoms with van der Waals surface area (Å²) < 4.78 is 5.49. The molecule has 1 aliphatic rings. The van der Waals surface area contributed by atoms with Gasteiger partial charge in [0.2, 0.25) is 0 Å². The topological polar surface area (TPSA) is 107 Å². The van der Waals surface area contributed by atoms with Gasteiger partial charge < -0.3 is 15.8 Å². The summed E-state index contributed by atoms with van der Waals surface area (Å²) >= 11 is 5.84. The number of benzene rings is 1. The summed E-state index contributed by atoms with van der Waals surface area (Å²) in [6.45, 7) is 2.52. The minimum absolute atomic E-state index is 0.0147. The number of nitrogens with two attached hydrogens (primary N) is 1. The standard InChI is InChI=1S/C13H16ClN3O4/c1-7(11-3-2-4-21-11)16-13(18)8-5-9(14)12(15)10(6-8)17(19)20/h5-7,11H,2-4,15H2,1H3,(H,16,18). The van der Waals surface area contributed by atoms with Crippen molar-refractivity contribution in [2.45, 2.75) is 31.9 Å². The number of carbonyl (C=O) groups is 1. The van der Waals surface area contributed by atoms with Gasteiger partial charge in [0.25, 0.3) is 11.6 Å². The summed E-state index contributed by atoms with van der Waals surface area (Å²) in [6.07, 6.45) is 1.81. The van der Waals surface area contributed by atoms with Gasteiger partial charge in [0, 0.05) is 18.2 Å². The maximum Gasteiger partial charge on any atom is 0.294 e. The highest BCUT2D eigenvalue weighted by Gasteiger charge is 2.25. The van der Waals surface area contributed by atoms with Crippen LogP contribution in [0.4, 0.5) is 11.4 Å². The number of hydrogen-bond donors (Lipinski definition) is 2. The number of halogens is 1. The Morgan fingerprint density at radius 2 is 2.33 bits per heavy atom. The molecule has 21 heavy (non-hydrogen) atoms. The molecule has 0 aromatic heterocycles. The summed E-state index contributed by atoms with van der Waals surface area (Å²) in [4.78, 5) is 22.4. The molecule has 3 N–H and O–H groups in total. The van der Waals surface area contributed by atoms with E-state index in [1.165, 1.54) is 6.07 Å². The SMILES string of the molecule is CC(NC(=O)c1cc(Cl)c(N)c([N+](=O)[O-])c1)C1CCCO1. The Labute approximate surface area is 126 Å². The number of amides is 1. The molecular weight excluding hydrogens is 298 g/mol. The zero-order chi connectivity index (χ0) is 15.6. The van der Waals surface area contributed by atoms with Gasteiger partial charge in [-0.1, -0.05) is 11.6 Å². The first-order valence-electron chi connectivity index (χ1n) is 6.56. The average Bonchev–Trinajstić information content (AvgIpc) is 2.95. The number of nitrogens with one attached hydrogen (secondary N) is 1. The molecule has 0 bridgehead atoms. The van der Waals surface area contributed by atoms with Crippen LogP contribution in [0.1, 0.15) is 30.1 Å². The lowest BCUT2D eigenvalue weighted by Crippen LogP contribution is -2.40. The molecule has 8 heteroatoms. The van der Waals surface area contributed by atoms with Gasteiger partial charge in [-0.15, -0.1) is 0 Å². The fraction of sp³-hybridized carbons (Fsp3) is 0.462. The van der Waals surface area contributed by atoms with Gasteiger partial charge in [-0.05, 0) is 25.8 Å². The highest BCUT2D eigenvalue weighted by Crippen LogP contribution is 2.30. The second-order valence-electron chi connectivity index (χ2n) is 4.96. The predicted molar refractivity (Wildman–Crippen MR) is 78.4 cm³/mol. The van der Waals surface area contributed by atoms with E-state index in [1.807, 2.05) is 6.92 Å². The first-order valence-corrected chi connectivity index (χ1v) is 6.94. The highest BCUT2D eigenvalue weighted by atomic mass is 35.5. The smallest absolute Gasteiger partial charge is 0.294 e. The molecule has 1 aromatic carbocycles. The summed E-state index contributed by atoms with van der Waals surface area (Å²) in [5.41, 5.74) is 5.11. The molecule has 0 radical (unpaired) electrons. The second kappa shape index (κ2) is 6.28. The van der Waals surface area contributed by atoms with Crippen molar-refractivity contribution >= 4 is 28.9 Å². The first-order chi connectivity index (χ1) is 9.90. The molecule has 1 heterocycles. The Kier molecular flexibility index (Phi) is 4.64. The van der Waals surface area contributed by atoms with Crippen LogP contribution in [0.2, 0.25) is 5.02 Å². The van der Waals surface area contributed by atoms with Crippen molar-refractivity contribution < 1.29 is 14.5 Å². The Morgan fingerprint density at radius 1 is 1.62 bits per heavy atom. The lowest BCUT2D eigenvalue weighted by molar-refractivity contribution is -0.383. The number of rotatable bonds is 4. The molecule has 0 saturated carbocycles. The van der Waals surface area contributed by atoms with Crippen LogP contribution in [0.3, 0.4) is 0 Å². The number of carbonyl (C=O) groups excluding carboxylic acids is 1. The molecule has 1 saturated heterocycles. The van der Waals surface area contributed by atoms with Gasteiger partial charge in [0.1, 0.15) is 5.69 Å². The van der Waals surface area contributed by atoms with E-state index in [1.54, 1.807) is 0 Å². The number of ether oxygens (including phenoxy) is 1. The number of anilines is 1. The summed E-state index contributed by atoms with van der Waals surface area (Å²) in [7, 11) is 0. The van der Waals surface area contributed by atoms with Gasteiger partial charge in [0.05, 0.1) is 22.1 Å². The molecule has 1 amide bonds. The molecule has 2 unspecified atom stereocenters. The molecule has 7 nitrogen and oxygen atoms in total. The Bertz CT molecular complexity index is 573. The van der Waals surface area contributed by atoms with E-state index in [-0.39, 0.29) is 34.1 Å². The molecule has 114 valence electrons. The van der Waals surface area contributed by atoms with E-state index < -0.39 is 10.8 Å². The molecular formula is C13H16ClN3O4. The van der Waals surface area contributed by atoms with Crippen molar-refractivity contribution in [2.75, 3.05) is 12.3 Å². The van der Waals surface area contributed by atoms with Crippen LogP contribution in [0.5, 0.6) is 0 Å². The van der Waals surface area contributed by atoms with Crippen LogP contribution in [0.25, 0.3) is 0 Å². The summed E-state index contributed by atoms with van der Waals surface area (Å²) in [5, 5.41) is 13.6. The number of nitrogens with zero attached hydrogens (tertiary/aromatic N) is 1. The van der Waals surface area contributed by atoms with Crippen molar-refractivity contribution in [1.29, 1.82) is 0 Å². The van der Waals surface area contributed by atoms with Gasteiger partial charge >= 0.3 is 0 Å². The molecule has 0 aliphatic carbocycles. The fourth-order valence-electron chi connectivity index (χ4n) is 2.27. The minimum Gasteiger partial charge on any atom is -0.392 e. The summed E-state index contributed by atoms with van der Waals surface area (Å²) in [6, 6.07) is 2.26. The van der Waals surface area contributed by atoms with Crippen LogP contribution in [0.15, 0.2) is 12.1 Å². The van der Waals surface area contributed by atoms with Crippen molar-refractivity contribution in [3.8, 4) is 0 Å². The van der Waals surface area contributed by atoms with Crippen LogP contribution >= 0.6 is 11.6 Å². The third-order valence-electron chi connectivity index (χ3n) is 3.45. The third kappa shape index (κ3) is 3.43. The molecule has 1 aromatic rings. The lowest BCUT2D eigenvalue weighted by Gasteiger charge is -2.20. The zero-order valence-corrected chi connectivity index (χ0v) is 12.2. The molecule has 1 aliphatic heterocycles. The Balaban J connectivity index is 2.17. The largest absolute Gasteiger partial charge is 0.392 e. The van der Waals surface area contributed by atoms with Crippen LogP contribution < -0.4 is 11.1 Å². The Hall–Kier alpha value is -1.86. The van der Waals surface area contributed by atoms with Crippen LogP contribution in [-0.2, 0) is 4.74 Å². The van der Waals surface area contributed by atoms with Crippen molar-refractivity contribution in [3.63, 3.8) is 0 Å². The minimum atomic E-state index is -0.665. The fourth-order valence-corrected chi connectivity index (χ4v) is 2.48. The number of hydrogen-bond acceptors (Lipinski definition) is 5. The molecule has 1 fully saturated rings. The number of nitro groups is 1. The molecule has 2 rings (SSSR count). The van der Waals surface area contributed by atoms with E-state index in [4.69, 9.17) is 22.1 Å². The van der Waals surface area contributed by atoms with Crippen molar-refractivity contribution in [3.05, 3.63) is 32.8 Å². The van der Waals surface area contributed by atoms with Gasteiger partial charge in [-0.3, -0.25) is 14.9 Å². The van der Waals surface area contributed by atoms with E-state index in [9.17, 15) is 14.9 Å². The Morgan fingerprint density at radius 3 is 2.90 bits per heavy atom. The normalized spacial score (nSPS) is 19.2. The maximum atomic E-state index is 12.2. The summed E-state index contributed by atoms with van der Waals surface area (Å²) in [5.74, 6) is -0.442. The molecule has 0 spiro atoms. The lowest BCUT2D eigenvalue weighted by atomic mass is 10.1. The first kappa shape index (κ1) is 15.5. The maximum absolute atomic E-state index is 12.2. The van der Waals surface area contributed by atoms with Crippen LogP contribution in [-0.4, -0.2) is 29.6 Å². The van der Waals surface area contributed by atoms with Crippen molar-refractivity contribution in [2.24, 2.45) is 0 Å². The van der Waals surface area contributed by atoms with Crippen molar-refractivity contribution in [1.82, 2.24) is 5.32 Å². The van der Waals surface area contributed by atoms with Gasteiger partial charge in [0.15, 0.2) is 0 Å². The second-order valence-corrected chi connectivity index (χ2v) is 5.37. The van der Waals surface area contributed by atoms with Gasteiger partial charge in [-0.25, -0.2) is 0 Å². The average molecular weight is 314 g/mol. The van der Waals surface area contributed by atoms with Gasteiger partial charge in [-0.2, -0.15) is 0 Å². The highest BCUT2D eigenvalue weighted by molar-refractivity contribution is 6.34. The van der Waals surface area contributed by atoms with E-state index >= 15 is 0 Å². The number of nitro benzene ring substituents is 1.